The van der Waals surface area contributed by atoms with E-state index in [-0.39, 0.29) is 19.1 Å². The lowest BCUT2D eigenvalue weighted by Gasteiger charge is -2.13. The van der Waals surface area contributed by atoms with Crippen molar-refractivity contribution < 1.29 is 23.9 Å². The molecule has 184 valence electrons. The minimum absolute atomic E-state index is 0.0750. The summed E-state index contributed by atoms with van der Waals surface area (Å²) in [7, 11) is 0. The zero-order chi connectivity index (χ0) is 25.4. The number of rotatable bonds is 7. The number of nitrogens with one attached hydrogen (secondary N) is 3. The van der Waals surface area contributed by atoms with Crippen molar-refractivity contribution in [1.82, 2.24) is 30.4 Å². The number of fused-ring (bicyclic) bond motifs is 2. The lowest BCUT2D eigenvalue weighted by atomic mass is 10.0. The Morgan fingerprint density at radius 1 is 1.33 bits per heavy atom. The van der Waals surface area contributed by atoms with Gasteiger partial charge in [-0.15, -0.1) is 5.10 Å². The summed E-state index contributed by atoms with van der Waals surface area (Å²) in [6.45, 7) is 3.25. The van der Waals surface area contributed by atoms with Gasteiger partial charge in [0.25, 0.3) is 11.8 Å². The van der Waals surface area contributed by atoms with Crippen LogP contribution in [0.3, 0.4) is 0 Å². The molecule has 4 aromatic rings. The molecule has 1 aliphatic heterocycles. The molecule has 0 saturated heterocycles. The van der Waals surface area contributed by atoms with Gasteiger partial charge in [0.2, 0.25) is 5.65 Å². The zero-order valence-electron chi connectivity index (χ0n) is 19.4. The molecule has 1 atom stereocenters. The van der Waals surface area contributed by atoms with E-state index in [0.717, 1.165) is 4.85 Å². The van der Waals surface area contributed by atoms with Crippen LogP contribution >= 0.6 is 0 Å². The molecule has 3 aromatic heterocycles. The third kappa shape index (κ3) is 4.29. The fraction of sp³-hybridized carbons (Fsp3) is 0.208. The molecular weight excluding hydrogens is 469 g/mol. The van der Waals surface area contributed by atoms with Crippen LogP contribution in [-0.2, 0) is 4.79 Å². The number of aliphatic hydroxyl groups excluding tert-OH is 1. The number of carbonyl (C=O) groups excluding carboxylic acids is 2. The van der Waals surface area contributed by atoms with E-state index in [9.17, 15) is 19.1 Å². The van der Waals surface area contributed by atoms with E-state index < -0.39 is 17.8 Å². The first kappa shape index (κ1) is 23.2. The van der Waals surface area contributed by atoms with Gasteiger partial charge < -0.3 is 25.6 Å². The van der Waals surface area contributed by atoms with Gasteiger partial charge in [0.1, 0.15) is 24.0 Å². The number of hydrogen-bond acceptors (Lipinski definition) is 7. The van der Waals surface area contributed by atoms with Crippen LogP contribution in [0.4, 0.5) is 10.1 Å². The Morgan fingerprint density at radius 3 is 3.00 bits per heavy atom. The summed E-state index contributed by atoms with van der Waals surface area (Å²) in [6, 6.07) is 7.53. The molecule has 0 bridgehead atoms. The number of halogens is 1. The number of aryl methyl sites for hydroxylation is 1. The van der Waals surface area contributed by atoms with Crippen molar-refractivity contribution in [2.45, 2.75) is 20.0 Å². The third-order valence-electron chi connectivity index (χ3n) is 5.82. The number of carbonyl (C=O) groups is 2. The molecule has 1 aliphatic rings. The van der Waals surface area contributed by atoms with E-state index in [0.29, 0.717) is 50.5 Å². The molecule has 2 amide bonds. The minimum Gasteiger partial charge on any atom is -0.391 e. The number of nitrogens with zero attached hydrogens (tertiary/aromatic N) is 4. The van der Waals surface area contributed by atoms with E-state index in [4.69, 9.17) is 4.84 Å². The van der Waals surface area contributed by atoms with Crippen LogP contribution in [0.1, 0.15) is 32.9 Å². The zero-order valence-corrected chi connectivity index (χ0v) is 19.4. The fourth-order valence-electron chi connectivity index (χ4n) is 4.05. The van der Waals surface area contributed by atoms with Gasteiger partial charge in [-0.3, -0.25) is 9.59 Å². The average Bonchev–Trinajstić information content (AvgIpc) is 3.50. The van der Waals surface area contributed by atoms with Gasteiger partial charge in [-0.05, 0) is 61.0 Å². The Bertz CT molecular complexity index is 1520. The van der Waals surface area contributed by atoms with Gasteiger partial charge in [-0.2, -0.15) is 0 Å². The largest absolute Gasteiger partial charge is 0.391 e. The van der Waals surface area contributed by atoms with Crippen molar-refractivity contribution in [3.05, 3.63) is 70.4 Å². The lowest BCUT2D eigenvalue weighted by Crippen LogP contribution is -2.37. The summed E-state index contributed by atoms with van der Waals surface area (Å²) in [5.41, 5.74) is 4.37. The van der Waals surface area contributed by atoms with Crippen LogP contribution in [0.15, 0.2) is 36.5 Å². The van der Waals surface area contributed by atoms with Crippen molar-refractivity contribution in [2.75, 3.05) is 18.5 Å². The second-order valence-electron chi connectivity index (χ2n) is 8.33. The Kier molecular flexibility index (Phi) is 5.94. The SMILES string of the molecule is Cc1[nH]c(C=C2C(=O)Nc3ccc(F)cc32)c(C)c1C(=O)NCC(O)COn1nnc2cccnc21. The number of pyridine rings is 1. The maximum atomic E-state index is 13.7. The summed E-state index contributed by atoms with van der Waals surface area (Å²) in [5, 5.41) is 23.4. The Balaban J connectivity index is 1.26. The topological polar surface area (TPSA) is 147 Å². The highest BCUT2D eigenvalue weighted by atomic mass is 19.1. The first-order valence-electron chi connectivity index (χ1n) is 11.1. The summed E-state index contributed by atoms with van der Waals surface area (Å²) in [4.78, 5) is 39.1. The van der Waals surface area contributed by atoms with E-state index in [2.05, 4.69) is 30.9 Å². The summed E-state index contributed by atoms with van der Waals surface area (Å²) < 4.78 is 13.7. The molecule has 5 rings (SSSR count). The highest BCUT2D eigenvalue weighted by molar-refractivity contribution is 6.34. The highest BCUT2D eigenvalue weighted by Crippen LogP contribution is 2.34. The molecule has 0 radical (unpaired) electrons. The molecule has 4 N–H and O–H groups in total. The van der Waals surface area contributed by atoms with Crippen LogP contribution in [0.5, 0.6) is 0 Å². The number of benzene rings is 1. The van der Waals surface area contributed by atoms with Crippen molar-refractivity contribution in [3.63, 3.8) is 0 Å². The predicted octanol–water partition coefficient (Wildman–Crippen LogP) is 1.62. The number of hydrogen-bond donors (Lipinski definition) is 4. The number of aromatic nitrogens is 5. The minimum atomic E-state index is -1.02. The average molecular weight is 491 g/mol. The number of aromatic amines is 1. The molecule has 0 fully saturated rings. The van der Waals surface area contributed by atoms with Crippen molar-refractivity contribution in [1.29, 1.82) is 0 Å². The highest BCUT2D eigenvalue weighted by Gasteiger charge is 2.26. The van der Waals surface area contributed by atoms with Gasteiger partial charge in [0.15, 0.2) is 0 Å². The first-order valence-corrected chi connectivity index (χ1v) is 11.1. The third-order valence-corrected chi connectivity index (χ3v) is 5.82. The summed E-state index contributed by atoms with van der Waals surface area (Å²) in [5.74, 6) is -1.21. The molecule has 0 spiro atoms. The lowest BCUT2D eigenvalue weighted by molar-refractivity contribution is -0.110. The van der Waals surface area contributed by atoms with Gasteiger partial charge in [-0.25, -0.2) is 9.37 Å². The molecule has 0 aliphatic carbocycles. The van der Waals surface area contributed by atoms with Gasteiger partial charge in [0.05, 0.1) is 11.1 Å². The number of aliphatic hydroxyl groups is 1. The Labute approximate surface area is 203 Å². The van der Waals surface area contributed by atoms with Crippen LogP contribution < -0.4 is 15.5 Å². The van der Waals surface area contributed by atoms with Crippen molar-refractivity contribution in [3.8, 4) is 0 Å². The van der Waals surface area contributed by atoms with E-state index >= 15 is 0 Å². The van der Waals surface area contributed by atoms with Crippen LogP contribution in [0, 0.1) is 19.7 Å². The number of amides is 2. The normalized spacial score (nSPS) is 14.7. The van der Waals surface area contributed by atoms with Crippen molar-refractivity contribution in [2.24, 2.45) is 0 Å². The van der Waals surface area contributed by atoms with Crippen LogP contribution in [-0.4, -0.2) is 61.3 Å². The maximum Gasteiger partial charge on any atom is 0.256 e. The van der Waals surface area contributed by atoms with Crippen LogP contribution in [0.25, 0.3) is 22.8 Å². The second-order valence-corrected chi connectivity index (χ2v) is 8.33. The first-order chi connectivity index (χ1) is 17.3. The Hall–Kier alpha value is -4.58. The molecule has 36 heavy (non-hydrogen) atoms. The molecule has 12 heteroatoms. The molecule has 0 saturated carbocycles. The Morgan fingerprint density at radius 2 is 2.17 bits per heavy atom. The fourth-order valence-corrected chi connectivity index (χ4v) is 4.05. The van der Waals surface area contributed by atoms with E-state index in [1.165, 1.54) is 18.2 Å². The van der Waals surface area contributed by atoms with Crippen molar-refractivity contribution >= 4 is 40.3 Å². The number of H-pyrrole nitrogens is 1. The smallest absolute Gasteiger partial charge is 0.256 e. The number of anilines is 1. The molecular formula is C24H22FN7O4. The molecule has 1 unspecified atom stereocenters. The monoisotopic (exact) mass is 491 g/mol. The van der Waals surface area contributed by atoms with Crippen LogP contribution in [0.2, 0.25) is 0 Å². The summed E-state index contributed by atoms with van der Waals surface area (Å²) >= 11 is 0. The predicted molar refractivity (Wildman–Crippen MR) is 128 cm³/mol. The quantitative estimate of drug-likeness (QED) is 0.287. The summed E-state index contributed by atoms with van der Waals surface area (Å²) in [6.07, 6.45) is 2.15. The maximum absolute atomic E-state index is 13.7. The molecule has 1 aromatic carbocycles. The standard InChI is InChI=1S/C24H22FN7O4/c1-12-20(9-17-16-8-14(25)5-6-18(16)29-23(17)34)28-13(2)21(12)24(35)27-10-15(33)11-36-32-22-19(30-31-32)4-3-7-26-22/h3-9,15,28,33H,10-11H2,1-2H3,(H,27,35)(H,29,34). The molecule has 11 nitrogen and oxygen atoms in total. The van der Waals surface area contributed by atoms with Gasteiger partial charge in [0, 0.05) is 35.4 Å². The van der Waals surface area contributed by atoms with Gasteiger partial charge in [-0.1, -0.05) is 4.85 Å². The van der Waals surface area contributed by atoms with E-state index in [1.54, 1.807) is 38.3 Å². The molecule has 4 heterocycles. The van der Waals surface area contributed by atoms with E-state index in [1.807, 2.05) is 0 Å². The van der Waals surface area contributed by atoms with Gasteiger partial charge >= 0.3 is 0 Å². The second kappa shape index (κ2) is 9.23.